The lowest BCUT2D eigenvalue weighted by Crippen LogP contribution is -2.16. The van der Waals surface area contributed by atoms with Gasteiger partial charge in [-0.1, -0.05) is 90.4 Å². The van der Waals surface area contributed by atoms with Crippen LogP contribution in [0.3, 0.4) is 0 Å². The molecule has 224 valence electrons. The van der Waals surface area contributed by atoms with E-state index in [4.69, 9.17) is 19.3 Å². The molecule has 0 bridgehead atoms. The normalized spacial score (nSPS) is 12.8. The number of aromatic amines is 1. The van der Waals surface area contributed by atoms with Gasteiger partial charge < -0.3 is 29.6 Å². The number of hydrogen-bond donors (Lipinski definition) is 4. The number of nitrogens with zero attached hydrogens (tertiary/aromatic N) is 3. The van der Waals surface area contributed by atoms with Crippen molar-refractivity contribution in [1.82, 2.24) is 19.9 Å². The molecule has 0 aliphatic rings. The third kappa shape index (κ3) is 16.3. The van der Waals surface area contributed by atoms with Gasteiger partial charge in [0.2, 0.25) is 0 Å². The molecule has 0 aliphatic carbocycles. The van der Waals surface area contributed by atoms with Gasteiger partial charge in [0.25, 0.3) is 0 Å². The van der Waals surface area contributed by atoms with E-state index in [9.17, 15) is 4.57 Å². The summed E-state index contributed by atoms with van der Waals surface area (Å²) in [7, 11) is -4.21. The van der Waals surface area contributed by atoms with Crippen LogP contribution in [0.2, 0.25) is 0 Å². The SMILES string of the molecule is CCCCCCCCCCCCCCCCOCCCNc1nc(CC(C)OCP(=O)(O)O)nc2nc[nH]c12. The van der Waals surface area contributed by atoms with Gasteiger partial charge in [0.05, 0.1) is 12.4 Å². The van der Waals surface area contributed by atoms with Crippen LogP contribution in [0.25, 0.3) is 11.2 Å². The Labute approximate surface area is 234 Å². The van der Waals surface area contributed by atoms with Crippen molar-refractivity contribution in [3.05, 3.63) is 12.2 Å². The highest BCUT2D eigenvalue weighted by molar-refractivity contribution is 7.51. The van der Waals surface area contributed by atoms with Crippen molar-refractivity contribution in [2.75, 3.05) is 31.4 Å². The van der Waals surface area contributed by atoms with Crippen LogP contribution in [-0.2, 0) is 20.5 Å². The number of nitrogens with one attached hydrogen (secondary N) is 2. The van der Waals surface area contributed by atoms with Gasteiger partial charge in [0.15, 0.2) is 11.5 Å². The number of anilines is 1. The van der Waals surface area contributed by atoms with Crippen molar-refractivity contribution >= 4 is 24.6 Å². The van der Waals surface area contributed by atoms with Crippen molar-refractivity contribution in [1.29, 1.82) is 0 Å². The molecule has 11 heteroatoms. The molecule has 10 nitrogen and oxygen atoms in total. The molecule has 2 aromatic heterocycles. The smallest absolute Gasteiger partial charge is 0.350 e. The highest BCUT2D eigenvalue weighted by atomic mass is 31.2. The summed E-state index contributed by atoms with van der Waals surface area (Å²) in [6.07, 6.45) is 20.7. The standard InChI is InChI=1S/C28H52N5O5P/c1-3-4-5-6-7-8-9-10-11-12-13-14-15-16-19-37-20-17-18-29-27-26-28(31-22-30-26)33-25(32-27)21-24(2)38-23-39(34,35)36/h22,24H,3-21,23H2,1-2H3,(H2,34,35,36)(H2,29,30,31,32,33). The van der Waals surface area contributed by atoms with Gasteiger partial charge >= 0.3 is 7.60 Å². The van der Waals surface area contributed by atoms with Gasteiger partial charge in [0.1, 0.15) is 17.7 Å². The zero-order valence-corrected chi connectivity index (χ0v) is 25.1. The zero-order chi connectivity index (χ0) is 28.2. The van der Waals surface area contributed by atoms with Crippen LogP contribution in [0.4, 0.5) is 5.82 Å². The van der Waals surface area contributed by atoms with Gasteiger partial charge in [-0.15, -0.1) is 0 Å². The van der Waals surface area contributed by atoms with E-state index >= 15 is 0 Å². The number of hydrogen-bond acceptors (Lipinski definition) is 7. The maximum atomic E-state index is 11.0. The van der Waals surface area contributed by atoms with Crippen LogP contribution < -0.4 is 5.32 Å². The Hall–Kier alpha value is -1.58. The summed E-state index contributed by atoms with van der Waals surface area (Å²) in [6, 6.07) is 0. The highest BCUT2D eigenvalue weighted by Gasteiger charge is 2.17. The van der Waals surface area contributed by atoms with Crippen molar-refractivity contribution in [3.63, 3.8) is 0 Å². The Morgan fingerprint density at radius 2 is 1.49 bits per heavy atom. The van der Waals surface area contributed by atoms with Crippen LogP contribution in [0, 0.1) is 0 Å². The second-order valence-corrected chi connectivity index (χ2v) is 12.1. The van der Waals surface area contributed by atoms with E-state index in [1.165, 1.54) is 83.5 Å². The van der Waals surface area contributed by atoms with Gasteiger partial charge in [-0.2, -0.15) is 0 Å². The van der Waals surface area contributed by atoms with E-state index in [-0.39, 0.29) is 0 Å². The first kappa shape index (κ1) is 33.6. The molecule has 2 rings (SSSR count). The number of imidazole rings is 1. The average Bonchev–Trinajstić information content (AvgIpc) is 3.37. The topological polar surface area (TPSA) is 142 Å². The Balaban J connectivity index is 1.49. The zero-order valence-electron chi connectivity index (χ0n) is 24.2. The van der Waals surface area contributed by atoms with E-state index in [1.807, 2.05) is 0 Å². The summed E-state index contributed by atoms with van der Waals surface area (Å²) in [4.78, 5) is 34.3. The first-order chi connectivity index (χ1) is 18.9. The van der Waals surface area contributed by atoms with E-state index in [0.29, 0.717) is 36.9 Å². The number of ether oxygens (including phenoxy) is 2. The fourth-order valence-electron chi connectivity index (χ4n) is 4.52. The minimum atomic E-state index is -4.21. The van der Waals surface area contributed by atoms with Crippen molar-refractivity contribution < 1.29 is 23.8 Å². The minimum absolute atomic E-state index is 0.319. The summed E-state index contributed by atoms with van der Waals surface area (Å²) < 4.78 is 22.1. The number of unbranched alkanes of at least 4 members (excludes halogenated alkanes) is 13. The molecule has 2 aromatic rings. The highest BCUT2D eigenvalue weighted by Crippen LogP contribution is 2.34. The molecular formula is C28H52N5O5P. The fourth-order valence-corrected chi connectivity index (χ4v) is 4.97. The van der Waals surface area contributed by atoms with E-state index in [2.05, 4.69) is 32.2 Å². The average molecular weight is 570 g/mol. The van der Waals surface area contributed by atoms with Gasteiger partial charge in [-0.25, -0.2) is 15.0 Å². The molecule has 2 heterocycles. The quantitative estimate of drug-likeness (QED) is 0.0755. The van der Waals surface area contributed by atoms with Crippen LogP contribution in [0.1, 0.15) is 116 Å². The number of fused-ring (bicyclic) bond motifs is 1. The third-order valence-corrected chi connectivity index (χ3v) is 7.21. The van der Waals surface area contributed by atoms with Crippen LogP contribution in [-0.4, -0.2) is 61.9 Å². The number of rotatable bonds is 25. The minimum Gasteiger partial charge on any atom is -0.381 e. The van der Waals surface area contributed by atoms with Crippen molar-refractivity contribution in [2.24, 2.45) is 0 Å². The summed E-state index contributed by atoms with van der Waals surface area (Å²) in [5, 5.41) is 3.33. The molecule has 0 amide bonds. The fraction of sp³-hybridized carbons (Fsp3) is 0.821. The first-order valence-electron chi connectivity index (χ1n) is 15.1. The molecule has 4 N–H and O–H groups in total. The molecule has 1 unspecified atom stereocenters. The second kappa shape index (κ2) is 20.3. The monoisotopic (exact) mass is 569 g/mol. The molecule has 1 atom stereocenters. The lowest BCUT2D eigenvalue weighted by molar-refractivity contribution is 0.0873. The van der Waals surface area contributed by atoms with Gasteiger partial charge in [-0.05, 0) is 19.8 Å². The van der Waals surface area contributed by atoms with Gasteiger partial charge in [0, 0.05) is 26.2 Å². The van der Waals surface area contributed by atoms with Crippen LogP contribution in [0.15, 0.2) is 6.33 Å². The van der Waals surface area contributed by atoms with E-state index in [0.717, 1.165) is 25.0 Å². The van der Waals surface area contributed by atoms with E-state index in [1.54, 1.807) is 13.3 Å². The predicted octanol–water partition coefficient (Wildman–Crippen LogP) is 6.74. The molecule has 0 aliphatic heterocycles. The van der Waals surface area contributed by atoms with Crippen LogP contribution in [0.5, 0.6) is 0 Å². The Kier molecular flexibility index (Phi) is 17.5. The molecular weight excluding hydrogens is 517 g/mol. The van der Waals surface area contributed by atoms with Crippen molar-refractivity contribution in [2.45, 2.75) is 123 Å². The Morgan fingerprint density at radius 3 is 2.10 bits per heavy atom. The molecule has 0 saturated heterocycles. The van der Waals surface area contributed by atoms with E-state index < -0.39 is 20.0 Å². The summed E-state index contributed by atoms with van der Waals surface area (Å²) in [5.41, 5.74) is 1.27. The van der Waals surface area contributed by atoms with Crippen LogP contribution >= 0.6 is 7.60 Å². The third-order valence-electron chi connectivity index (χ3n) is 6.73. The first-order valence-corrected chi connectivity index (χ1v) is 16.9. The Morgan fingerprint density at radius 1 is 0.897 bits per heavy atom. The molecule has 0 fully saturated rings. The van der Waals surface area contributed by atoms with Crippen molar-refractivity contribution in [3.8, 4) is 0 Å². The summed E-state index contributed by atoms with van der Waals surface area (Å²) in [5.74, 6) is 1.16. The van der Waals surface area contributed by atoms with Gasteiger partial charge in [-0.3, -0.25) is 4.57 Å². The molecule has 0 radical (unpaired) electrons. The molecule has 0 aromatic carbocycles. The lowest BCUT2D eigenvalue weighted by Gasteiger charge is -2.14. The predicted molar refractivity (Wildman–Crippen MR) is 157 cm³/mol. The lowest BCUT2D eigenvalue weighted by atomic mass is 10.0. The summed E-state index contributed by atoms with van der Waals surface area (Å²) >= 11 is 0. The maximum Gasteiger partial charge on any atom is 0.350 e. The summed E-state index contributed by atoms with van der Waals surface area (Å²) in [6.45, 7) is 6.22. The number of H-pyrrole nitrogens is 1. The molecule has 0 saturated carbocycles. The maximum absolute atomic E-state index is 11.0. The number of aromatic nitrogens is 4. The second-order valence-electron chi connectivity index (χ2n) is 10.6. The molecule has 39 heavy (non-hydrogen) atoms. The molecule has 0 spiro atoms. The Bertz CT molecular complexity index is 938. The largest absolute Gasteiger partial charge is 0.381 e.